The number of hydrogen-bond donors (Lipinski definition) is 1. The Hall–Kier alpha value is -2.14. The van der Waals surface area contributed by atoms with Crippen molar-refractivity contribution in [2.75, 3.05) is 0 Å². The molecule has 1 saturated heterocycles. The van der Waals surface area contributed by atoms with Crippen LogP contribution in [0, 0.1) is 11.8 Å². The summed E-state index contributed by atoms with van der Waals surface area (Å²) in [6.45, 7) is 2.13. The summed E-state index contributed by atoms with van der Waals surface area (Å²) in [6.07, 6.45) is 7.39. The largest absolute Gasteiger partial charge is 0.462 e. The first-order valence-electron chi connectivity index (χ1n) is 9.90. The predicted molar refractivity (Wildman–Crippen MR) is 101 cm³/mol. The first-order valence-corrected chi connectivity index (χ1v) is 9.90. The molecule has 1 aliphatic heterocycles. The van der Waals surface area contributed by atoms with E-state index in [1.807, 2.05) is 12.1 Å². The zero-order valence-electron chi connectivity index (χ0n) is 15.8. The molecule has 1 aromatic carbocycles. The lowest BCUT2D eigenvalue weighted by atomic mass is 9.91. The minimum absolute atomic E-state index is 0.00478. The fourth-order valence-electron chi connectivity index (χ4n) is 4.03. The van der Waals surface area contributed by atoms with Crippen molar-refractivity contribution in [1.29, 1.82) is 0 Å². The molecule has 0 spiro atoms. The highest BCUT2D eigenvalue weighted by atomic mass is 16.6. The van der Waals surface area contributed by atoms with E-state index in [-0.39, 0.29) is 36.0 Å². The summed E-state index contributed by atoms with van der Waals surface area (Å²) < 4.78 is 11.1. The summed E-state index contributed by atoms with van der Waals surface area (Å²) >= 11 is 0. The van der Waals surface area contributed by atoms with Crippen LogP contribution in [0.25, 0.3) is 0 Å². The normalized spacial score (nSPS) is 28.1. The highest BCUT2D eigenvalue weighted by Crippen LogP contribution is 2.43. The van der Waals surface area contributed by atoms with E-state index in [0.29, 0.717) is 18.4 Å². The maximum Gasteiger partial charge on any atom is 0.338 e. The molecule has 1 N–H and O–H groups in total. The molecule has 5 heteroatoms. The van der Waals surface area contributed by atoms with E-state index < -0.39 is 6.10 Å². The van der Waals surface area contributed by atoms with Gasteiger partial charge in [0.05, 0.1) is 18.1 Å². The summed E-state index contributed by atoms with van der Waals surface area (Å²) in [5.41, 5.74) is 0.508. The summed E-state index contributed by atoms with van der Waals surface area (Å²) in [4.78, 5) is 24.1. The molecule has 146 valence electrons. The second kappa shape index (κ2) is 9.18. The third kappa shape index (κ3) is 4.98. The van der Waals surface area contributed by atoms with Gasteiger partial charge < -0.3 is 14.6 Å². The fraction of sp³-hybridized carbons (Fsp3) is 0.545. The third-order valence-electron chi connectivity index (χ3n) is 5.48. The maximum atomic E-state index is 12.4. The van der Waals surface area contributed by atoms with Gasteiger partial charge in [0, 0.05) is 18.3 Å². The van der Waals surface area contributed by atoms with Crippen molar-refractivity contribution in [2.24, 2.45) is 11.8 Å². The molecule has 0 bridgehead atoms. The van der Waals surface area contributed by atoms with Crippen LogP contribution < -0.4 is 0 Å². The van der Waals surface area contributed by atoms with Crippen LogP contribution in [0.4, 0.5) is 0 Å². The highest BCUT2D eigenvalue weighted by molar-refractivity contribution is 5.89. The Morgan fingerprint density at radius 2 is 2.11 bits per heavy atom. The quantitative estimate of drug-likeness (QED) is 0.428. The van der Waals surface area contributed by atoms with Crippen LogP contribution in [0.2, 0.25) is 0 Å². The molecule has 1 heterocycles. The van der Waals surface area contributed by atoms with Gasteiger partial charge in [-0.3, -0.25) is 4.79 Å². The van der Waals surface area contributed by atoms with Gasteiger partial charge in [0.15, 0.2) is 0 Å². The smallest absolute Gasteiger partial charge is 0.338 e. The predicted octanol–water partition coefficient (Wildman–Crippen LogP) is 3.66. The van der Waals surface area contributed by atoms with Gasteiger partial charge in [-0.15, -0.1) is 0 Å². The Morgan fingerprint density at radius 3 is 2.85 bits per heavy atom. The summed E-state index contributed by atoms with van der Waals surface area (Å²) in [5, 5.41) is 10.2. The lowest BCUT2D eigenvalue weighted by Gasteiger charge is -2.20. The van der Waals surface area contributed by atoms with Gasteiger partial charge in [-0.1, -0.05) is 56.5 Å². The highest BCUT2D eigenvalue weighted by Gasteiger charge is 2.50. The standard InChI is InChI=1S/C22H28O5/c1-2-3-5-10-16(23)11-12-17-18-13-21(24)26-20(18)14-19(17)27-22(25)15-8-6-4-7-9-15/h4,6-9,11-12,16-20,23H,2-3,5,10,13-14H2,1H3/b12-11+/t16?,17?,18?,19-,20+/m1/s1. The average Bonchev–Trinajstić information content (AvgIpc) is 3.16. The van der Waals surface area contributed by atoms with Crippen molar-refractivity contribution < 1.29 is 24.2 Å². The number of carbonyl (C=O) groups excluding carboxylic acids is 2. The van der Waals surface area contributed by atoms with E-state index >= 15 is 0 Å². The molecule has 5 atom stereocenters. The Kier molecular flexibility index (Phi) is 6.67. The molecular formula is C22H28O5. The minimum Gasteiger partial charge on any atom is -0.462 e. The fourth-order valence-corrected chi connectivity index (χ4v) is 4.03. The van der Waals surface area contributed by atoms with Crippen LogP contribution in [-0.2, 0) is 14.3 Å². The van der Waals surface area contributed by atoms with Gasteiger partial charge in [-0.05, 0) is 18.6 Å². The Bertz CT molecular complexity index is 669. The minimum atomic E-state index is -0.515. The molecule has 2 fully saturated rings. The lowest BCUT2D eigenvalue weighted by Crippen LogP contribution is -2.25. The van der Waals surface area contributed by atoms with E-state index in [2.05, 4.69) is 6.92 Å². The molecule has 0 amide bonds. The van der Waals surface area contributed by atoms with Gasteiger partial charge >= 0.3 is 11.9 Å². The van der Waals surface area contributed by atoms with Crippen LogP contribution in [0.3, 0.4) is 0 Å². The Morgan fingerprint density at radius 1 is 1.33 bits per heavy atom. The third-order valence-corrected chi connectivity index (χ3v) is 5.48. The molecule has 1 saturated carbocycles. The number of unbranched alkanes of at least 4 members (excludes halogenated alkanes) is 2. The maximum absolute atomic E-state index is 12.4. The summed E-state index contributed by atoms with van der Waals surface area (Å²) in [5.74, 6) is -0.673. The molecule has 3 rings (SSSR count). The van der Waals surface area contributed by atoms with Crippen molar-refractivity contribution in [3.63, 3.8) is 0 Å². The number of hydrogen-bond acceptors (Lipinski definition) is 5. The van der Waals surface area contributed by atoms with E-state index in [9.17, 15) is 14.7 Å². The number of esters is 2. The number of fused-ring (bicyclic) bond motifs is 1. The van der Waals surface area contributed by atoms with Crippen LogP contribution in [-0.4, -0.2) is 35.4 Å². The summed E-state index contributed by atoms with van der Waals surface area (Å²) in [6, 6.07) is 8.89. The molecule has 3 unspecified atom stereocenters. The van der Waals surface area contributed by atoms with Crippen molar-refractivity contribution in [3.8, 4) is 0 Å². The number of ether oxygens (including phenoxy) is 2. The number of rotatable bonds is 8. The van der Waals surface area contributed by atoms with E-state index in [1.54, 1.807) is 30.3 Å². The summed E-state index contributed by atoms with van der Waals surface area (Å²) in [7, 11) is 0. The lowest BCUT2D eigenvalue weighted by molar-refractivity contribution is -0.141. The number of aliphatic hydroxyl groups is 1. The van der Waals surface area contributed by atoms with Crippen LogP contribution in [0.1, 0.15) is 55.8 Å². The Labute approximate surface area is 160 Å². The van der Waals surface area contributed by atoms with Crippen molar-refractivity contribution in [1.82, 2.24) is 0 Å². The van der Waals surface area contributed by atoms with E-state index in [4.69, 9.17) is 9.47 Å². The second-order valence-electron chi connectivity index (χ2n) is 7.47. The average molecular weight is 372 g/mol. The van der Waals surface area contributed by atoms with E-state index in [1.165, 1.54) is 0 Å². The molecule has 1 aromatic rings. The van der Waals surface area contributed by atoms with Crippen molar-refractivity contribution in [3.05, 3.63) is 48.0 Å². The zero-order chi connectivity index (χ0) is 19.2. The van der Waals surface area contributed by atoms with Gasteiger partial charge in [-0.25, -0.2) is 4.79 Å². The first-order chi connectivity index (χ1) is 13.1. The monoisotopic (exact) mass is 372 g/mol. The molecule has 27 heavy (non-hydrogen) atoms. The number of carbonyl (C=O) groups is 2. The molecule has 0 radical (unpaired) electrons. The van der Waals surface area contributed by atoms with Crippen LogP contribution in [0.5, 0.6) is 0 Å². The Balaban J connectivity index is 1.66. The van der Waals surface area contributed by atoms with Gasteiger partial charge in [0.2, 0.25) is 0 Å². The molecule has 0 aromatic heterocycles. The van der Waals surface area contributed by atoms with Gasteiger partial charge in [0.1, 0.15) is 12.2 Å². The van der Waals surface area contributed by atoms with Crippen LogP contribution in [0.15, 0.2) is 42.5 Å². The van der Waals surface area contributed by atoms with E-state index in [0.717, 1.165) is 25.7 Å². The van der Waals surface area contributed by atoms with Gasteiger partial charge in [0.25, 0.3) is 0 Å². The zero-order valence-corrected chi connectivity index (χ0v) is 15.8. The van der Waals surface area contributed by atoms with Crippen molar-refractivity contribution >= 4 is 11.9 Å². The first kappa shape index (κ1) is 19.6. The molecule has 1 aliphatic carbocycles. The molecule has 2 aliphatic rings. The van der Waals surface area contributed by atoms with Crippen molar-refractivity contribution in [2.45, 2.75) is 63.8 Å². The van der Waals surface area contributed by atoms with Gasteiger partial charge in [-0.2, -0.15) is 0 Å². The molecular weight excluding hydrogens is 344 g/mol. The molecule has 5 nitrogen and oxygen atoms in total. The SMILES string of the molecule is CCCCCC(O)/C=C/C1C2CC(=O)O[C@H]2C[C@H]1OC(=O)c1ccccc1. The van der Waals surface area contributed by atoms with Crippen LogP contribution >= 0.6 is 0 Å². The second-order valence-corrected chi connectivity index (χ2v) is 7.47. The number of aliphatic hydroxyl groups excluding tert-OH is 1. The number of benzene rings is 1. The topological polar surface area (TPSA) is 72.8 Å².